The molecule has 1 aromatic carbocycles. The zero-order valence-electron chi connectivity index (χ0n) is 14.1. The molecular weight excluding hydrogens is 284 g/mol. The second-order valence-corrected chi connectivity index (χ2v) is 6.68. The molecule has 0 radical (unpaired) electrons. The highest BCUT2D eigenvalue weighted by Crippen LogP contribution is 2.28. The number of nitrogens with one attached hydrogen (secondary N) is 1. The Hall–Kier alpha value is -1.61. The second-order valence-electron chi connectivity index (χ2n) is 6.68. The summed E-state index contributed by atoms with van der Waals surface area (Å²) in [7, 11) is 0. The molecule has 1 aliphatic carbocycles. The minimum Gasteiger partial charge on any atom is -0.361 e. The molecule has 0 bridgehead atoms. The third-order valence-corrected chi connectivity index (χ3v) is 4.98. The molecule has 2 atom stereocenters. The molecule has 2 unspecified atom stereocenters. The third-order valence-electron chi connectivity index (χ3n) is 4.98. The van der Waals surface area contributed by atoms with Crippen LogP contribution in [0.5, 0.6) is 0 Å². The van der Waals surface area contributed by atoms with Crippen LogP contribution in [-0.4, -0.2) is 17.7 Å². The minimum atomic E-state index is 0.677. The van der Waals surface area contributed by atoms with Crippen molar-refractivity contribution in [3.63, 3.8) is 0 Å². The van der Waals surface area contributed by atoms with Gasteiger partial charge in [0.05, 0.1) is 5.69 Å². The quantitative estimate of drug-likeness (QED) is 0.743. The lowest BCUT2D eigenvalue weighted by Crippen LogP contribution is -2.34. The van der Waals surface area contributed by atoms with Crippen molar-refractivity contribution in [3.05, 3.63) is 53.4 Å². The van der Waals surface area contributed by atoms with E-state index in [1.807, 2.05) is 0 Å². The van der Waals surface area contributed by atoms with E-state index in [4.69, 9.17) is 4.52 Å². The van der Waals surface area contributed by atoms with Crippen LogP contribution in [0, 0.1) is 5.92 Å². The van der Waals surface area contributed by atoms with Crippen LogP contribution in [-0.2, 0) is 19.3 Å². The van der Waals surface area contributed by atoms with Gasteiger partial charge in [0.1, 0.15) is 5.76 Å². The van der Waals surface area contributed by atoms with Crippen LogP contribution < -0.4 is 5.32 Å². The van der Waals surface area contributed by atoms with Crippen LogP contribution in [0.15, 0.2) is 40.9 Å². The number of aromatic nitrogens is 1. The molecule has 1 fully saturated rings. The molecular formula is C20H28N2O. The highest BCUT2D eigenvalue weighted by Gasteiger charge is 2.26. The lowest BCUT2D eigenvalue weighted by molar-refractivity contribution is 0.365. The predicted octanol–water partition coefficient (Wildman–Crippen LogP) is 4.17. The highest BCUT2D eigenvalue weighted by atomic mass is 16.5. The first-order valence-corrected chi connectivity index (χ1v) is 9.07. The Morgan fingerprint density at radius 3 is 2.87 bits per heavy atom. The van der Waals surface area contributed by atoms with Crippen LogP contribution in [0.2, 0.25) is 0 Å². The maximum atomic E-state index is 5.35. The second kappa shape index (κ2) is 8.30. The van der Waals surface area contributed by atoms with Gasteiger partial charge < -0.3 is 9.84 Å². The van der Waals surface area contributed by atoms with E-state index in [9.17, 15) is 0 Å². The predicted molar refractivity (Wildman–Crippen MR) is 93.5 cm³/mol. The molecule has 2 aromatic rings. The van der Waals surface area contributed by atoms with Crippen LogP contribution in [0.1, 0.15) is 49.6 Å². The monoisotopic (exact) mass is 312 g/mol. The Labute approximate surface area is 139 Å². The molecule has 1 aromatic heterocycles. The van der Waals surface area contributed by atoms with Gasteiger partial charge in [-0.1, -0.05) is 48.8 Å². The van der Waals surface area contributed by atoms with Crippen LogP contribution in [0.25, 0.3) is 0 Å². The van der Waals surface area contributed by atoms with Crippen molar-refractivity contribution < 1.29 is 4.52 Å². The number of benzene rings is 1. The van der Waals surface area contributed by atoms with Gasteiger partial charge in [0.2, 0.25) is 0 Å². The van der Waals surface area contributed by atoms with Crippen LogP contribution >= 0.6 is 0 Å². The highest BCUT2D eigenvalue weighted by molar-refractivity contribution is 5.16. The number of hydrogen-bond acceptors (Lipinski definition) is 3. The van der Waals surface area contributed by atoms with Gasteiger partial charge >= 0.3 is 0 Å². The molecule has 3 nitrogen and oxygen atoms in total. The Kier molecular flexibility index (Phi) is 5.87. The first-order valence-electron chi connectivity index (χ1n) is 9.07. The summed E-state index contributed by atoms with van der Waals surface area (Å²) in [5, 5.41) is 7.84. The van der Waals surface area contributed by atoms with Crippen molar-refractivity contribution in [2.75, 3.05) is 6.54 Å². The van der Waals surface area contributed by atoms with E-state index in [0.29, 0.717) is 6.04 Å². The van der Waals surface area contributed by atoms with Gasteiger partial charge in [-0.3, -0.25) is 0 Å². The van der Waals surface area contributed by atoms with Crippen molar-refractivity contribution in [1.82, 2.24) is 10.5 Å². The van der Waals surface area contributed by atoms with Gasteiger partial charge in [0.15, 0.2) is 0 Å². The van der Waals surface area contributed by atoms with E-state index in [1.54, 1.807) is 0 Å². The molecule has 1 saturated carbocycles. The lowest BCUT2D eigenvalue weighted by atomic mass is 9.94. The van der Waals surface area contributed by atoms with Gasteiger partial charge in [-0.15, -0.1) is 0 Å². The summed E-state index contributed by atoms with van der Waals surface area (Å²) in [5.41, 5.74) is 2.53. The van der Waals surface area contributed by atoms with E-state index < -0.39 is 0 Å². The Morgan fingerprint density at radius 2 is 2.09 bits per heavy atom. The summed E-state index contributed by atoms with van der Waals surface area (Å²) in [4.78, 5) is 0. The van der Waals surface area contributed by atoms with Gasteiger partial charge in [-0.05, 0) is 50.1 Å². The summed E-state index contributed by atoms with van der Waals surface area (Å²) in [6, 6.07) is 13.7. The number of aryl methyl sites for hydroxylation is 2. The van der Waals surface area contributed by atoms with Gasteiger partial charge in [-0.2, -0.15) is 0 Å². The molecule has 1 N–H and O–H groups in total. The molecule has 3 rings (SSSR count). The molecule has 1 aliphatic rings. The fraction of sp³-hybridized carbons (Fsp3) is 0.550. The standard InChI is InChI=1S/C20H28N2O/c1-2-18-15-19(23-22-18)11-7-13-21-20-12-6-10-17(20)14-16-8-4-3-5-9-16/h3-5,8-9,15,17,20-21H,2,6-7,10-14H2,1H3. The largest absolute Gasteiger partial charge is 0.361 e. The molecule has 3 heteroatoms. The average molecular weight is 312 g/mol. The number of rotatable bonds is 8. The number of nitrogens with zero attached hydrogens (tertiary/aromatic N) is 1. The van der Waals surface area contributed by atoms with E-state index in [1.165, 1.54) is 31.2 Å². The van der Waals surface area contributed by atoms with Crippen LogP contribution in [0.3, 0.4) is 0 Å². The van der Waals surface area contributed by atoms with Crippen molar-refractivity contribution in [2.45, 2.75) is 57.9 Å². The fourth-order valence-electron chi connectivity index (χ4n) is 3.66. The first-order chi connectivity index (χ1) is 11.3. The number of hydrogen-bond donors (Lipinski definition) is 1. The maximum Gasteiger partial charge on any atom is 0.137 e. The zero-order chi connectivity index (χ0) is 15.9. The summed E-state index contributed by atoms with van der Waals surface area (Å²) in [6.07, 6.45) is 8.29. The van der Waals surface area contributed by atoms with Crippen molar-refractivity contribution in [2.24, 2.45) is 5.92 Å². The topological polar surface area (TPSA) is 38.1 Å². The van der Waals surface area contributed by atoms with E-state index in [0.717, 1.165) is 43.2 Å². The van der Waals surface area contributed by atoms with E-state index in [2.05, 4.69) is 53.8 Å². The van der Waals surface area contributed by atoms with E-state index in [-0.39, 0.29) is 0 Å². The SMILES string of the molecule is CCc1cc(CCCNC2CCCC2Cc2ccccc2)on1. The maximum absolute atomic E-state index is 5.35. The molecule has 124 valence electrons. The van der Waals surface area contributed by atoms with Crippen LogP contribution in [0.4, 0.5) is 0 Å². The third kappa shape index (κ3) is 4.68. The average Bonchev–Trinajstić information content (AvgIpc) is 3.22. The van der Waals surface area contributed by atoms with Crippen molar-refractivity contribution >= 4 is 0 Å². The minimum absolute atomic E-state index is 0.677. The molecule has 0 amide bonds. The molecule has 0 aliphatic heterocycles. The smallest absolute Gasteiger partial charge is 0.137 e. The Balaban J connectivity index is 1.40. The summed E-state index contributed by atoms with van der Waals surface area (Å²) in [5.74, 6) is 1.81. The summed E-state index contributed by atoms with van der Waals surface area (Å²) < 4.78 is 5.35. The fourth-order valence-corrected chi connectivity index (χ4v) is 3.66. The Morgan fingerprint density at radius 1 is 1.22 bits per heavy atom. The summed E-state index contributed by atoms with van der Waals surface area (Å²) in [6.45, 7) is 3.17. The van der Waals surface area contributed by atoms with Gasteiger partial charge in [0, 0.05) is 18.5 Å². The Bertz CT molecular complexity index is 578. The first kappa shape index (κ1) is 16.3. The van der Waals surface area contributed by atoms with Crippen molar-refractivity contribution in [1.29, 1.82) is 0 Å². The lowest BCUT2D eigenvalue weighted by Gasteiger charge is -2.21. The molecule has 0 spiro atoms. The van der Waals surface area contributed by atoms with Crippen molar-refractivity contribution in [3.8, 4) is 0 Å². The normalized spacial score (nSPS) is 20.9. The van der Waals surface area contributed by atoms with Gasteiger partial charge in [0.25, 0.3) is 0 Å². The molecule has 1 heterocycles. The molecule has 23 heavy (non-hydrogen) atoms. The summed E-state index contributed by atoms with van der Waals surface area (Å²) >= 11 is 0. The molecule has 0 saturated heterocycles. The van der Waals surface area contributed by atoms with Gasteiger partial charge in [-0.25, -0.2) is 0 Å². The van der Waals surface area contributed by atoms with E-state index >= 15 is 0 Å². The zero-order valence-corrected chi connectivity index (χ0v) is 14.1.